The third-order valence-corrected chi connectivity index (χ3v) is 5.48. The van der Waals surface area contributed by atoms with Crippen LogP contribution >= 0.6 is 11.6 Å². The Morgan fingerprint density at radius 2 is 1.91 bits per heavy atom. The van der Waals surface area contributed by atoms with Gasteiger partial charge in [-0.15, -0.1) is 0 Å². The molecule has 12 nitrogen and oxygen atoms in total. The molecule has 0 aliphatic carbocycles. The number of rotatable bonds is 9. The molecule has 1 aliphatic rings. The van der Waals surface area contributed by atoms with Crippen LogP contribution in [0, 0.1) is 10.1 Å². The molecule has 1 amide bonds. The number of hydrazine groups is 1. The fourth-order valence-electron chi connectivity index (χ4n) is 3.45. The summed E-state index contributed by atoms with van der Waals surface area (Å²) in [6.07, 6.45) is 0.302. The van der Waals surface area contributed by atoms with Gasteiger partial charge in [0.25, 0.3) is 0 Å². The first-order valence-corrected chi connectivity index (χ1v) is 11.7. The fraction of sp³-hybridized carbons (Fsp3) is 0.545. The number of imidazole rings is 1. The number of hydrogen-bond donors (Lipinski definition) is 2. The van der Waals surface area contributed by atoms with E-state index in [9.17, 15) is 20.0 Å². The summed E-state index contributed by atoms with van der Waals surface area (Å²) >= 11 is 5.88. The normalized spacial score (nSPS) is 15.5. The summed E-state index contributed by atoms with van der Waals surface area (Å²) in [5.74, 6) is 0.288. The van der Waals surface area contributed by atoms with Crippen molar-refractivity contribution in [2.24, 2.45) is 0 Å². The van der Waals surface area contributed by atoms with Crippen molar-refractivity contribution < 1.29 is 24.3 Å². The van der Waals surface area contributed by atoms with Crippen LogP contribution in [0.4, 0.5) is 16.3 Å². The van der Waals surface area contributed by atoms with Crippen molar-refractivity contribution in [3.63, 3.8) is 0 Å². The molecule has 35 heavy (non-hydrogen) atoms. The van der Waals surface area contributed by atoms with Crippen LogP contribution in [0.25, 0.3) is 0 Å². The Kier molecular flexibility index (Phi) is 8.76. The minimum absolute atomic E-state index is 0.00172. The van der Waals surface area contributed by atoms with Gasteiger partial charge in [-0.05, 0) is 73.0 Å². The van der Waals surface area contributed by atoms with Crippen molar-refractivity contribution in [1.82, 2.24) is 20.0 Å². The fourth-order valence-corrected chi connectivity index (χ4v) is 3.67. The molecule has 1 saturated heterocycles. The zero-order chi connectivity index (χ0) is 25.6. The van der Waals surface area contributed by atoms with Gasteiger partial charge >= 0.3 is 17.2 Å². The minimum atomic E-state index is -0.780. The molecular weight excluding hydrogens is 480 g/mol. The number of ether oxygens (including phenoxy) is 2. The predicted octanol–water partition coefficient (Wildman–Crippen LogP) is 2.84. The van der Waals surface area contributed by atoms with E-state index in [0.29, 0.717) is 25.3 Å². The second-order valence-corrected chi connectivity index (χ2v) is 9.49. The van der Waals surface area contributed by atoms with Crippen LogP contribution in [0.15, 0.2) is 30.5 Å². The molecule has 1 aromatic carbocycles. The third-order valence-electron chi connectivity index (χ3n) is 5.18. The number of carbonyl (C=O) groups is 1. The first-order valence-electron chi connectivity index (χ1n) is 11.3. The molecule has 1 fully saturated rings. The van der Waals surface area contributed by atoms with Crippen LogP contribution in [0.3, 0.4) is 0 Å². The van der Waals surface area contributed by atoms with Crippen LogP contribution in [-0.4, -0.2) is 75.2 Å². The lowest BCUT2D eigenvalue weighted by molar-refractivity contribution is -0.389. The quantitative estimate of drug-likeness (QED) is 0.385. The van der Waals surface area contributed by atoms with Gasteiger partial charge in [0.05, 0.1) is 6.10 Å². The number of nitrogens with zero attached hydrogens (tertiary/aromatic N) is 5. The molecule has 3 rings (SSSR count). The summed E-state index contributed by atoms with van der Waals surface area (Å²) in [6.45, 7) is 8.62. The topological polar surface area (TPSA) is 135 Å². The van der Waals surface area contributed by atoms with Crippen LogP contribution < -0.4 is 15.1 Å². The highest BCUT2D eigenvalue weighted by Gasteiger charge is 2.22. The molecule has 0 bridgehead atoms. The first kappa shape index (κ1) is 26.5. The molecule has 2 heterocycles. The summed E-state index contributed by atoms with van der Waals surface area (Å²) in [5.41, 5.74) is 3.27. The second-order valence-electron chi connectivity index (χ2n) is 9.15. The van der Waals surface area contributed by atoms with Crippen molar-refractivity contribution in [1.29, 1.82) is 0 Å². The number of aliphatic hydroxyl groups excluding tert-OH is 1. The molecule has 13 heteroatoms. The van der Waals surface area contributed by atoms with E-state index >= 15 is 0 Å². The van der Waals surface area contributed by atoms with Crippen LogP contribution in [0.5, 0.6) is 5.75 Å². The van der Waals surface area contributed by atoms with Crippen LogP contribution in [0.1, 0.15) is 27.2 Å². The Hall–Kier alpha value is -3.09. The number of aryl methyl sites for hydroxylation is 1. The average molecular weight is 511 g/mol. The molecule has 192 valence electrons. The number of piperazine rings is 1. The van der Waals surface area contributed by atoms with Gasteiger partial charge in [-0.1, -0.05) is 0 Å². The van der Waals surface area contributed by atoms with Crippen molar-refractivity contribution >= 4 is 29.2 Å². The van der Waals surface area contributed by atoms with Gasteiger partial charge in [-0.2, -0.15) is 0 Å². The third kappa shape index (κ3) is 8.26. The number of aromatic nitrogens is 2. The van der Waals surface area contributed by atoms with Crippen molar-refractivity contribution in [3.8, 4) is 5.75 Å². The van der Waals surface area contributed by atoms with Gasteiger partial charge in [-0.25, -0.2) is 9.80 Å². The second kappa shape index (κ2) is 11.6. The highest BCUT2D eigenvalue weighted by atomic mass is 35.5. The maximum Gasteiger partial charge on any atom is 0.422 e. The van der Waals surface area contributed by atoms with Crippen LogP contribution in [-0.2, 0) is 11.3 Å². The molecular formula is C22H31ClN6O6. The van der Waals surface area contributed by atoms with Gasteiger partial charge in [0.15, 0.2) is 0 Å². The standard InChI is InChI=1S/C22H31ClN6O6/c1-22(2,3)35-21(31)25-28-12-10-26(11-13-28)16-4-6-18(7-5-16)34-15-17(30)8-9-27-14-19(29(32)33)24-20(27)23/h4-7,14,17,30H,8-13,15H2,1-3H3,(H,25,31)/t17-/m1/s1. The Labute approximate surface area is 208 Å². The maximum absolute atomic E-state index is 11.9. The summed E-state index contributed by atoms with van der Waals surface area (Å²) in [4.78, 5) is 27.9. The van der Waals surface area contributed by atoms with E-state index < -0.39 is 22.7 Å². The molecule has 1 aromatic heterocycles. The van der Waals surface area contributed by atoms with E-state index in [1.165, 1.54) is 10.8 Å². The molecule has 0 saturated carbocycles. The Morgan fingerprint density at radius 3 is 2.49 bits per heavy atom. The lowest BCUT2D eigenvalue weighted by Crippen LogP contribution is -2.54. The molecule has 1 aliphatic heterocycles. The van der Waals surface area contributed by atoms with Gasteiger partial charge in [0.2, 0.25) is 0 Å². The molecule has 0 spiro atoms. The number of hydrogen-bond acceptors (Lipinski definition) is 9. The Morgan fingerprint density at radius 1 is 1.26 bits per heavy atom. The van der Waals surface area contributed by atoms with Crippen molar-refractivity contribution in [2.75, 3.05) is 37.7 Å². The maximum atomic E-state index is 11.9. The first-order chi connectivity index (χ1) is 16.5. The molecule has 1 atom stereocenters. The predicted molar refractivity (Wildman–Crippen MR) is 130 cm³/mol. The van der Waals surface area contributed by atoms with Crippen molar-refractivity contribution in [2.45, 2.75) is 45.4 Å². The molecule has 0 radical (unpaired) electrons. The zero-order valence-corrected chi connectivity index (χ0v) is 20.8. The van der Waals surface area contributed by atoms with Crippen molar-refractivity contribution in [3.05, 3.63) is 45.9 Å². The number of carbonyl (C=O) groups excluding carboxylic acids is 1. The summed E-state index contributed by atoms with van der Waals surface area (Å²) < 4.78 is 12.4. The lowest BCUT2D eigenvalue weighted by Gasteiger charge is -2.36. The Bertz CT molecular complexity index is 1000. The molecule has 2 aromatic rings. The van der Waals surface area contributed by atoms with Gasteiger partial charge in [0.1, 0.15) is 24.2 Å². The van der Waals surface area contributed by atoms with Gasteiger partial charge in [-0.3, -0.25) is 9.99 Å². The zero-order valence-electron chi connectivity index (χ0n) is 20.0. The van der Waals surface area contributed by atoms with E-state index in [2.05, 4.69) is 15.3 Å². The number of nitro groups is 1. The van der Waals surface area contributed by atoms with E-state index in [0.717, 1.165) is 18.8 Å². The number of anilines is 1. The van der Waals surface area contributed by atoms with Gasteiger partial charge in [0, 0.05) is 38.4 Å². The van der Waals surface area contributed by atoms with E-state index in [-0.39, 0.29) is 24.3 Å². The molecule has 2 N–H and O–H groups in total. The largest absolute Gasteiger partial charge is 0.491 e. The van der Waals surface area contributed by atoms with E-state index in [1.54, 1.807) is 0 Å². The SMILES string of the molecule is CC(C)(C)OC(=O)NN1CCN(c2ccc(OC[C@H](O)CCn3cc([N+](=O)[O-])nc3Cl)cc2)CC1. The van der Waals surface area contributed by atoms with Crippen LogP contribution in [0.2, 0.25) is 5.28 Å². The summed E-state index contributed by atoms with van der Waals surface area (Å²) in [7, 11) is 0. The van der Waals surface area contributed by atoms with E-state index in [4.69, 9.17) is 21.1 Å². The highest BCUT2D eigenvalue weighted by molar-refractivity contribution is 6.28. The minimum Gasteiger partial charge on any atom is -0.491 e. The summed E-state index contributed by atoms with van der Waals surface area (Å²) in [5, 5.41) is 22.8. The number of halogens is 1. The lowest BCUT2D eigenvalue weighted by atomic mass is 10.2. The average Bonchev–Trinajstić information content (AvgIpc) is 3.17. The molecule has 0 unspecified atom stereocenters. The van der Waals surface area contributed by atoms with E-state index in [1.807, 2.05) is 50.0 Å². The number of aliphatic hydroxyl groups is 1. The number of nitrogens with one attached hydrogen (secondary N) is 1. The number of benzene rings is 1. The monoisotopic (exact) mass is 510 g/mol. The highest BCUT2D eigenvalue weighted by Crippen LogP contribution is 2.21. The smallest absolute Gasteiger partial charge is 0.422 e. The number of amides is 1. The van der Waals surface area contributed by atoms with Gasteiger partial charge < -0.3 is 29.6 Å². The Balaban J connectivity index is 1.39. The summed E-state index contributed by atoms with van der Waals surface area (Å²) in [6, 6.07) is 7.57.